The van der Waals surface area contributed by atoms with E-state index in [-0.39, 0.29) is 11.0 Å². The second-order valence-corrected chi connectivity index (χ2v) is 10.8. The average molecular weight is 361 g/mol. The molecule has 4 rings (SSSR count). The van der Waals surface area contributed by atoms with Gasteiger partial charge in [0.15, 0.2) is 0 Å². The van der Waals surface area contributed by atoms with Crippen LogP contribution >= 0.6 is 0 Å². The highest BCUT2D eigenvalue weighted by Crippen LogP contribution is 2.63. The van der Waals surface area contributed by atoms with E-state index in [1.807, 2.05) is 6.92 Å². The fraction of sp³-hybridized carbons (Fsp3) is 0.958. The smallest absolute Gasteiger partial charge is 0.133 e. The topological polar surface area (TPSA) is 37.3 Å². The fourth-order valence-corrected chi connectivity index (χ4v) is 8.52. The first-order valence-electron chi connectivity index (χ1n) is 11.6. The minimum atomic E-state index is -0.365. The van der Waals surface area contributed by atoms with Crippen molar-refractivity contribution in [3.63, 3.8) is 0 Å². The Balaban J connectivity index is 1.52. The van der Waals surface area contributed by atoms with Gasteiger partial charge in [-0.05, 0) is 106 Å². The lowest BCUT2D eigenvalue weighted by Crippen LogP contribution is -2.54. The van der Waals surface area contributed by atoms with Crippen molar-refractivity contribution in [2.24, 2.45) is 40.9 Å². The van der Waals surface area contributed by atoms with Gasteiger partial charge in [0.25, 0.3) is 0 Å². The van der Waals surface area contributed by atoms with E-state index in [1.54, 1.807) is 0 Å². The van der Waals surface area contributed by atoms with E-state index in [1.165, 1.54) is 44.9 Å². The molecule has 4 aliphatic rings. The molecule has 1 unspecified atom stereocenters. The Morgan fingerprint density at radius 2 is 1.77 bits per heavy atom. The second-order valence-electron chi connectivity index (χ2n) is 10.8. The quantitative estimate of drug-likeness (QED) is 0.694. The van der Waals surface area contributed by atoms with Gasteiger partial charge in [0.05, 0.1) is 5.60 Å². The van der Waals surface area contributed by atoms with Crippen LogP contribution in [0, 0.1) is 40.9 Å². The molecule has 0 aromatic carbocycles. The fourth-order valence-electron chi connectivity index (χ4n) is 8.52. The first-order chi connectivity index (χ1) is 12.4. The first kappa shape index (κ1) is 19.0. The highest BCUT2D eigenvalue weighted by atomic mass is 16.3. The van der Waals surface area contributed by atoms with Crippen LogP contribution in [-0.4, -0.2) is 16.5 Å². The van der Waals surface area contributed by atoms with Crippen LogP contribution in [-0.2, 0) is 4.79 Å². The molecule has 0 amide bonds. The van der Waals surface area contributed by atoms with E-state index >= 15 is 0 Å². The van der Waals surface area contributed by atoms with Crippen LogP contribution in [0.3, 0.4) is 0 Å². The van der Waals surface area contributed by atoms with Gasteiger partial charge in [0.1, 0.15) is 5.78 Å². The molecule has 2 nitrogen and oxygen atoms in total. The maximum atomic E-state index is 12.4. The summed E-state index contributed by atoms with van der Waals surface area (Å²) in [6, 6.07) is 0. The zero-order valence-electron chi connectivity index (χ0n) is 17.3. The van der Waals surface area contributed by atoms with Crippen molar-refractivity contribution in [2.75, 3.05) is 0 Å². The van der Waals surface area contributed by atoms with E-state index in [2.05, 4.69) is 13.8 Å². The molecule has 2 heteroatoms. The zero-order chi connectivity index (χ0) is 18.5. The van der Waals surface area contributed by atoms with Crippen molar-refractivity contribution in [1.82, 2.24) is 0 Å². The summed E-state index contributed by atoms with van der Waals surface area (Å²) in [5, 5.41) is 11.0. The molecule has 4 fully saturated rings. The molecule has 0 heterocycles. The van der Waals surface area contributed by atoms with Crippen LogP contribution < -0.4 is 0 Å². The number of rotatable bonds is 3. The maximum Gasteiger partial charge on any atom is 0.133 e. The van der Waals surface area contributed by atoms with Crippen molar-refractivity contribution in [3.8, 4) is 0 Å². The molecule has 1 N–H and O–H groups in total. The van der Waals surface area contributed by atoms with Crippen molar-refractivity contribution < 1.29 is 9.90 Å². The SMILES string of the molecule is CCC[C@@]1(O)CC[C@H]2[C@H](CC[C@@H]3[C@@H]2CC[C@]2(C)C(C(C)=O)CCC[C@@H]32)C1. The largest absolute Gasteiger partial charge is 0.390 e. The molecule has 26 heavy (non-hydrogen) atoms. The second kappa shape index (κ2) is 6.90. The van der Waals surface area contributed by atoms with Gasteiger partial charge in [-0.25, -0.2) is 0 Å². The van der Waals surface area contributed by atoms with Crippen molar-refractivity contribution in [3.05, 3.63) is 0 Å². The summed E-state index contributed by atoms with van der Waals surface area (Å²) in [5.74, 6) is 4.90. The summed E-state index contributed by atoms with van der Waals surface area (Å²) in [4.78, 5) is 12.4. The van der Waals surface area contributed by atoms with Crippen LogP contribution in [0.15, 0.2) is 0 Å². The molecule has 0 spiro atoms. The van der Waals surface area contributed by atoms with E-state index in [4.69, 9.17) is 0 Å². The minimum absolute atomic E-state index is 0.274. The molecule has 4 aliphatic carbocycles. The monoisotopic (exact) mass is 360 g/mol. The number of hydrogen-bond acceptors (Lipinski definition) is 2. The molecule has 4 saturated carbocycles. The Morgan fingerprint density at radius 3 is 2.50 bits per heavy atom. The highest BCUT2D eigenvalue weighted by molar-refractivity contribution is 5.79. The highest BCUT2D eigenvalue weighted by Gasteiger charge is 2.56. The maximum absolute atomic E-state index is 12.4. The number of ketones is 1. The van der Waals surface area contributed by atoms with Crippen molar-refractivity contribution >= 4 is 5.78 Å². The molecular formula is C24H40O2. The van der Waals surface area contributed by atoms with E-state index in [0.29, 0.717) is 11.7 Å². The Bertz CT molecular complexity index is 542. The molecule has 0 bridgehead atoms. The number of aliphatic hydroxyl groups is 1. The van der Waals surface area contributed by atoms with Crippen LogP contribution in [0.4, 0.5) is 0 Å². The van der Waals surface area contributed by atoms with Gasteiger partial charge in [-0.3, -0.25) is 4.79 Å². The van der Waals surface area contributed by atoms with Gasteiger partial charge < -0.3 is 5.11 Å². The van der Waals surface area contributed by atoms with Gasteiger partial charge >= 0.3 is 0 Å². The molecule has 0 aromatic rings. The number of carbonyl (C=O) groups is 1. The van der Waals surface area contributed by atoms with Crippen LogP contribution in [0.25, 0.3) is 0 Å². The van der Waals surface area contributed by atoms with E-state index in [0.717, 1.165) is 61.7 Å². The summed E-state index contributed by atoms with van der Waals surface area (Å²) in [6.07, 6.45) is 14.5. The molecule has 0 radical (unpaired) electrons. The molecule has 0 aromatic heterocycles. The van der Waals surface area contributed by atoms with Gasteiger partial charge in [-0.1, -0.05) is 26.7 Å². The predicted octanol–water partition coefficient (Wildman–Crippen LogP) is 5.77. The van der Waals surface area contributed by atoms with Gasteiger partial charge in [0.2, 0.25) is 0 Å². The van der Waals surface area contributed by atoms with Gasteiger partial charge in [0, 0.05) is 5.92 Å². The van der Waals surface area contributed by atoms with Crippen LogP contribution in [0.1, 0.15) is 97.8 Å². The standard InChI is InChI=1S/C24H40O2/c1-4-12-24(26)14-11-18-17(15-24)8-9-20-19(18)10-13-23(3)21(16(2)25)6-5-7-22(20)23/h17-22,26H,4-15H2,1-3H3/t17-,18+,19-,20-,21?,22+,23-,24-/m1/s1. The Kier molecular flexibility index (Phi) is 5.04. The normalized spacial score (nSPS) is 51.1. The van der Waals surface area contributed by atoms with Crippen LogP contribution in [0.2, 0.25) is 0 Å². The summed E-state index contributed by atoms with van der Waals surface area (Å²) in [7, 11) is 0. The summed E-state index contributed by atoms with van der Waals surface area (Å²) >= 11 is 0. The van der Waals surface area contributed by atoms with Gasteiger partial charge in [-0.15, -0.1) is 0 Å². The van der Waals surface area contributed by atoms with Crippen molar-refractivity contribution in [2.45, 2.75) is 103 Å². The molecule has 8 atom stereocenters. The van der Waals surface area contributed by atoms with E-state index in [9.17, 15) is 9.90 Å². The average Bonchev–Trinajstić information content (AvgIpc) is 2.59. The molecule has 0 saturated heterocycles. The summed E-state index contributed by atoms with van der Waals surface area (Å²) in [6.45, 7) is 6.51. The number of Topliss-reactive ketones (excluding diaryl/α,β-unsaturated/α-hetero) is 1. The summed E-state index contributed by atoms with van der Waals surface area (Å²) < 4.78 is 0. The lowest BCUT2D eigenvalue weighted by molar-refractivity contribution is -0.147. The number of carbonyl (C=O) groups excluding carboxylic acids is 1. The third kappa shape index (κ3) is 2.99. The number of hydrogen-bond donors (Lipinski definition) is 1. The molecular weight excluding hydrogens is 320 g/mol. The molecule has 148 valence electrons. The van der Waals surface area contributed by atoms with Crippen molar-refractivity contribution in [1.29, 1.82) is 0 Å². The lowest BCUT2D eigenvalue weighted by atomic mass is 9.44. The lowest BCUT2D eigenvalue weighted by Gasteiger charge is -2.60. The molecule has 0 aliphatic heterocycles. The summed E-state index contributed by atoms with van der Waals surface area (Å²) in [5.41, 5.74) is -0.0911. The third-order valence-corrected chi connectivity index (χ3v) is 9.55. The third-order valence-electron chi connectivity index (χ3n) is 9.55. The Hall–Kier alpha value is -0.370. The zero-order valence-corrected chi connectivity index (χ0v) is 17.3. The van der Waals surface area contributed by atoms with Gasteiger partial charge in [-0.2, -0.15) is 0 Å². The van der Waals surface area contributed by atoms with Crippen LogP contribution in [0.5, 0.6) is 0 Å². The predicted molar refractivity (Wildman–Crippen MR) is 106 cm³/mol. The Labute approximate surface area is 160 Å². The first-order valence-corrected chi connectivity index (χ1v) is 11.6. The number of fused-ring (bicyclic) bond motifs is 5. The Morgan fingerprint density at radius 1 is 1.00 bits per heavy atom. The minimum Gasteiger partial charge on any atom is -0.390 e. The van der Waals surface area contributed by atoms with E-state index < -0.39 is 0 Å².